The van der Waals surface area contributed by atoms with Crippen LogP contribution in [0.2, 0.25) is 0 Å². The number of hydrogen-bond acceptors (Lipinski definition) is 5. The molecule has 134 valence electrons. The maximum absolute atomic E-state index is 12.1. The zero-order chi connectivity index (χ0) is 18.0. The molecule has 2 aromatic rings. The lowest BCUT2D eigenvalue weighted by molar-refractivity contribution is -0.147. The zero-order valence-corrected chi connectivity index (χ0v) is 14.8. The molecule has 0 unspecified atom stereocenters. The van der Waals surface area contributed by atoms with Crippen LogP contribution in [0.25, 0.3) is 5.65 Å². The van der Waals surface area contributed by atoms with Crippen molar-refractivity contribution in [1.29, 1.82) is 0 Å². The number of likely N-dealkylation sites (tertiary alicyclic amines) is 1. The number of carbonyl (C=O) groups excluding carboxylic acids is 2. The highest BCUT2D eigenvalue weighted by molar-refractivity contribution is 5.73. The first-order valence-electron chi connectivity index (χ1n) is 8.40. The third kappa shape index (κ3) is 4.49. The molecular weight excluding hydrogens is 322 g/mol. The molecule has 7 nitrogen and oxygen atoms in total. The molecule has 0 spiro atoms. The van der Waals surface area contributed by atoms with Gasteiger partial charge in [0.25, 0.3) is 0 Å². The highest BCUT2D eigenvalue weighted by atomic mass is 16.6. The number of esters is 1. The van der Waals surface area contributed by atoms with Crippen LogP contribution in [0, 0.1) is 0 Å². The van der Waals surface area contributed by atoms with E-state index in [1.807, 2.05) is 55.8 Å². The third-order valence-corrected chi connectivity index (χ3v) is 3.83. The van der Waals surface area contributed by atoms with E-state index in [0.717, 1.165) is 5.65 Å². The summed E-state index contributed by atoms with van der Waals surface area (Å²) in [6.45, 7) is 6.38. The van der Waals surface area contributed by atoms with Gasteiger partial charge in [-0.2, -0.15) is 0 Å². The van der Waals surface area contributed by atoms with E-state index in [1.54, 1.807) is 4.90 Å². The number of rotatable bonds is 3. The van der Waals surface area contributed by atoms with Crippen molar-refractivity contribution in [1.82, 2.24) is 14.3 Å². The largest absolute Gasteiger partial charge is 0.460 e. The summed E-state index contributed by atoms with van der Waals surface area (Å²) in [6, 6.07) is 5.68. The summed E-state index contributed by atoms with van der Waals surface area (Å²) in [5.41, 5.74) is 0.926. The Morgan fingerprint density at radius 3 is 2.84 bits per heavy atom. The maximum atomic E-state index is 12.1. The summed E-state index contributed by atoms with van der Waals surface area (Å²) in [6.07, 6.45) is 3.77. The number of ether oxygens (including phenoxy) is 2. The topological polar surface area (TPSA) is 73.1 Å². The first kappa shape index (κ1) is 17.3. The third-order valence-electron chi connectivity index (χ3n) is 3.83. The second kappa shape index (κ2) is 6.74. The zero-order valence-electron chi connectivity index (χ0n) is 14.8. The number of nitrogens with zero attached hydrogens (tertiary/aromatic N) is 3. The van der Waals surface area contributed by atoms with E-state index in [4.69, 9.17) is 9.47 Å². The molecule has 3 heterocycles. The summed E-state index contributed by atoms with van der Waals surface area (Å²) >= 11 is 0. The van der Waals surface area contributed by atoms with E-state index in [1.165, 1.54) is 0 Å². The van der Waals surface area contributed by atoms with Crippen LogP contribution < -0.4 is 0 Å². The number of fused-ring (bicyclic) bond motifs is 1. The maximum Gasteiger partial charge on any atom is 0.410 e. The molecule has 1 aliphatic heterocycles. The molecule has 0 bridgehead atoms. The number of hydrogen-bond donors (Lipinski definition) is 0. The molecule has 7 heteroatoms. The van der Waals surface area contributed by atoms with Crippen LogP contribution in [0.1, 0.15) is 32.9 Å². The molecule has 0 radical (unpaired) electrons. The molecule has 0 saturated carbocycles. The Balaban J connectivity index is 1.51. The smallest absolute Gasteiger partial charge is 0.410 e. The van der Waals surface area contributed by atoms with Crippen LogP contribution in [0.5, 0.6) is 0 Å². The highest BCUT2D eigenvalue weighted by Gasteiger charge is 2.31. The lowest BCUT2D eigenvalue weighted by Gasteiger charge is -2.24. The van der Waals surface area contributed by atoms with Crippen molar-refractivity contribution in [2.45, 2.75) is 45.3 Å². The monoisotopic (exact) mass is 345 g/mol. The van der Waals surface area contributed by atoms with Gasteiger partial charge >= 0.3 is 12.1 Å². The van der Waals surface area contributed by atoms with E-state index in [0.29, 0.717) is 25.2 Å². The average Bonchev–Trinajstić information content (AvgIpc) is 3.11. The SMILES string of the molecule is CC(C)(C)OC(=O)N1CC[C@H](OC(=O)Cc2cn3ccccc3n2)C1. The van der Waals surface area contributed by atoms with Crippen molar-refractivity contribution in [2.24, 2.45) is 0 Å². The van der Waals surface area contributed by atoms with Crippen molar-refractivity contribution in [3.63, 3.8) is 0 Å². The Morgan fingerprint density at radius 1 is 1.32 bits per heavy atom. The highest BCUT2D eigenvalue weighted by Crippen LogP contribution is 2.18. The minimum Gasteiger partial charge on any atom is -0.460 e. The van der Waals surface area contributed by atoms with Crippen molar-refractivity contribution < 1.29 is 19.1 Å². The predicted octanol–water partition coefficient (Wildman–Crippen LogP) is 2.43. The van der Waals surface area contributed by atoms with Gasteiger partial charge in [0.2, 0.25) is 0 Å². The molecule has 1 fully saturated rings. The first-order chi connectivity index (χ1) is 11.8. The van der Waals surface area contributed by atoms with Crippen LogP contribution in [-0.2, 0) is 20.7 Å². The Bertz CT molecular complexity index is 745. The molecule has 1 aliphatic rings. The van der Waals surface area contributed by atoms with Gasteiger partial charge < -0.3 is 18.8 Å². The molecule has 0 N–H and O–H groups in total. The van der Waals surface area contributed by atoms with Gasteiger partial charge in [0, 0.05) is 25.4 Å². The van der Waals surface area contributed by atoms with Gasteiger partial charge in [-0.1, -0.05) is 6.07 Å². The van der Waals surface area contributed by atoms with Gasteiger partial charge in [-0.15, -0.1) is 0 Å². The predicted molar refractivity (Wildman–Crippen MR) is 91.2 cm³/mol. The fourth-order valence-corrected chi connectivity index (χ4v) is 2.76. The second-order valence-corrected chi connectivity index (χ2v) is 7.20. The summed E-state index contributed by atoms with van der Waals surface area (Å²) in [5.74, 6) is -0.334. The fourth-order valence-electron chi connectivity index (χ4n) is 2.76. The Kier molecular flexibility index (Phi) is 4.65. The first-order valence-corrected chi connectivity index (χ1v) is 8.40. The fraction of sp³-hybridized carbons (Fsp3) is 0.500. The van der Waals surface area contributed by atoms with E-state index >= 15 is 0 Å². The van der Waals surface area contributed by atoms with E-state index < -0.39 is 5.60 Å². The summed E-state index contributed by atoms with van der Waals surface area (Å²) in [5, 5.41) is 0. The Hall–Kier alpha value is -2.57. The van der Waals surface area contributed by atoms with Crippen molar-refractivity contribution in [2.75, 3.05) is 13.1 Å². The molecule has 0 aliphatic carbocycles. The van der Waals surface area contributed by atoms with Gasteiger partial charge in [-0.3, -0.25) is 4.79 Å². The molecule has 3 rings (SSSR count). The number of imidazole rings is 1. The van der Waals surface area contributed by atoms with Crippen LogP contribution in [-0.4, -0.2) is 51.1 Å². The molecular formula is C18H23N3O4. The summed E-state index contributed by atoms with van der Waals surface area (Å²) in [7, 11) is 0. The molecule has 25 heavy (non-hydrogen) atoms. The van der Waals surface area contributed by atoms with Gasteiger partial charge in [0.05, 0.1) is 18.7 Å². The number of aromatic nitrogens is 2. The Labute approximate surface area is 146 Å². The number of amides is 1. The minimum absolute atomic E-state index is 0.116. The normalized spacial score (nSPS) is 17.7. The van der Waals surface area contributed by atoms with Crippen LogP contribution in [0.4, 0.5) is 4.79 Å². The van der Waals surface area contributed by atoms with Crippen molar-refractivity contribution in [3.05, 3.63) is 36.3 Å². The lowest BCUT2D eigenvalue weighted by Crippen LogP contribution is -2.36. The van der Waals surface area contributed by atoms with Gasteiger partial charge in [-0.25, -0.2) is 9.78 Å². The molecule has 1 atom stereocenters. The second-order valence-electron chi connectivity index (χ2n) is 7.20. The van der Waals surface area contributed by atoms with Crippen molar-refractivity contribution in [3.8, 4) is 0 Å². The molecule has 2 aromatic heterocycles. The minimum atomic E-state index is -0.533. The summed E-state index contributed by atoms with van der Waals surface area (Å²) < 4.78 is 12.7. The molecule has 1 amide bonds. The number of carbonyl (C=O) groups is 2. The lowest BCUT2D eigenvalue weighted by atomic mass is 10.2. The van der Waals surface area contributed by atoms with Crippen LogP contribution >= 0.6 is 0 Å². The van der Waals surface area contributed by atoms with Gasteiger partial charge in [0.15, 0.2) is 0 Å². The van der Waals surface area contributed by atoms with Crippen LogP contribution in [0.15, 0.2) is 30.6 Å². The number of pyridine rings is 1. The standard InChI is InChI=1S/C18H23N3O4/c1-18(2,3)25-17(23)21-9-7-14(12-21)24-16(22)10-13-11-20-8-5-4-6-15(20)19-13/h4-6,8,11,14H,7,9-10,12H2,1-3H3/t14-/m0/s1. The van der Waals surface area contributed by atoms with Gasteiger partial charge in [-0.05, 0) is 32.9 Å². The quantitative estimate of drug-likeness (QED) is 0.799. The van der Waals surface area contributed by atoms with Crippen LogP contribution in [0.3, 0.4) is 0 Å². The van der Waals surface area contributed by atoms with Crippen molar-refractivity contribution >= 4 is 17.7 Å². The Morgan fingerprint density at radius 2 is 2.12 bits per heavy atom. The molecule has 0 aromatic carbocycles. The van der Waals surface area contributed by atoms with E-state index in [-0.39, 0.29) is 24.6 Å². The van der Waals surface area contributed by atoms with E-state index in [2.05, 4.69) is 4.98 Å². The van der Waals surface area contributed by atoms with Gasteiger partial charge in [0.1, 0.15) is 17.4 Å². The summed E-state index contributed by atoms with van der Waals surface area (Å²) in [4.78, 5) is 30.1. The van der Waals surface area contributed by atoms with E-state index in [9.17, 15) is 9.59 Å². The average molecular weight is 345 g/mol. The molecule has 1 saturated heterocycles.